The van der Waals surface area contributed by atoms with Gasteiger partial charge in [0.25, 0.3) is 0 Å². The summed E-state index contributed by atoms with van der Waals surface area (Å²) >= 11 is 0. The molecule has 0 aliphatic heterocycles. The molecule has 1 aromatic rings. The van der Waals surface area contributed by atoms with Crippen molar-refractivity contribution in [2.45, 2.75) is 26.1 Å². The number of methoxy groups -OCH3 is 1. The highest BCUT2D eigenvalue weighted by atomic mass is 19.1. The molecule has 0 aliphatic rings. The molecule has 1 N–H and O–H groups in total. The summed E-state index contributed by atoms with van der Waals surface area (Å²) in [5.41, 5.74) is 1.41. The molecular formula is C11H15FO2. The highest BCUT2D eigenvalue weighted by molar-refractivity contribution is 5.31. The van der Waals surface area contributed by atoms with Gasteiger partial charge >= 0.3 is 0 Å². The summed E-state index contributed by atoms with van der Waals surface area (Å²) in [6.07, 6.45) is -0.821. The molecule has 2 nitrogen and oxygen atoms in total. The molecule has 2 unspecified atom stereocenters. The van der Waals surface area contributed by atoms with Crippen molar-refractivity contribution >= 4 is 0 Å². The van der Waals surface area contributed by atoms with Gasteiger partial charge in [0.15, 0.2) is 0 Å². The van der Waals surface area contributed by atoms with E-state index in [4.69, 9.17) is 4.74 Å². The average Bonchev–Trinajstić information content (AvgIpc) is 2.16. The molecule has 2 atom stereocenters. The fourth-order valence-electron chi connectivity index (χ4n) is 1.41. The lowest BCUT2D eigenvalue weighted by Crippen LogP contribution is -2.04. The Morgan fingerprint density at radius 1 is 1.29 bits per heavy atom. The van der Waals surface area contributed by atoms with Gasteiger partial charge in [-0.1, -0.05) is 6.07 Å². The van der Waals surface area contributed by atoms with Crippen LogP contribution in [0, 0.1) is 5.82 Å². The quantitative estimate of drug-likeness (QED) is 0.808. The van der Waals surface area contributed by atoms with Crippen molar-refractivity contribution in [2.24, 2.45) is 0 Å². The van der Waals surface area contributed by atoms with Gasteiger partial charge in [0.1, 0.15) is 5.82 Å². The van der Waals surface area contributed by atoms with Gasteiger partial charge in [-0.05, 0) is 37.1 Å². The fraction of sp³-hybridized carbons (Fsp3) is 0.455. The molecule has 78 valence electrons. The Balaban J connectivity index is 3.15. The fourth-order valence-corrected chi connectivity index (χ4v) is 1.41. The van der Waals surface area contributed by atoms with Crippen LogP contribution in [0.3, 0.4) is 0 Å². The summed E-state index contributed by atoms with van der Waals surface area (Å²) in [5.74, 6) is -0.312. The maximum atomic E-state index is 13.0. The largest absolute Gasteiger partial charge is 0.389 e. The van der Waals surface area contributed by atoms with Crippen molar-refractivity contribution in [3.63, 3.8) is 0 Å². The Kier molecular flexibility index (Phi) is 3.61. The minimum Gasteiger partial charge on any atom is -0.389 e. The third-order valence-corrected chi connectivity index (χ3v) is 2.29. The smallest absolute Gasteiger partial charge is 0.123 e. The number of hydrogen-bond donors (Lipinski definition) is 1. The van der Waals surface area contributed by atoms with Gasteiger partial charge in [-0.15, -0.1) is 0 Å². The van der Waals surface area contributed by atoms with Crippen molar-refractivity contribution in [3.05, 3.63) is 35.1 Å². The highest BCUT2D eigenvalue weighted by Crippen LogP contribution is 2.26. The van der Waals surface area contributed by atoms with E-state index in [0.29, 0.717) is 11.1 Å². The van der Waals surface area contributed by atoms with Crippen molar-refractivity contribution in [1.29, 1.82) is 0 Å². The van der Waals surface area contributed by atoms with Crippen LogP contribution in [0.25, 0.3) is 0 Å². The van der Waals surface area contributed by atoms with Crippen LogP contribution < -0.4 is 0 Å². The van der Waals surface area contributed by atoms with Gasteiger partial charge in [0, 0.05) is 7.11 Å². The van der Waals surface area contributed by atoms with E-state index in [2.05, 4.69) is 0 Å². The van der Waals surface area contributed by atoms with Crippen LogP contribution in [0.2, 0.25) is 0 Å². The first-order valence-corrected chi connectivity index (χ1v) is 4.56. The zero-order valence-electron chi connectivity index (χ0n) is 8.62. The molecule has 0 radical (unpaired) electrons. The molecule has 0 spiro atoms. The maximum absolute atomic E-state index is 13.0. The van der Waals surface area contributed by atoms with Gasteiger partial charge in [0.05, 0.1) is 12.2 Å². The summed E-state index contributed by atoms with van der Waals surface area (Å²) in [7, 11) is 1.56. The van der Waals surface area contributed by atoms with Gasteiger partial charge < -0.3 is 9.84 Å². The first-order chi connectivity index (χ1) is 6.56. The molecule has 0 amide bonds. The van der Waals surface area contributed by atoms with Crippen molar-refractivity contribution in [1.82, 2.24) is 0 Å². The lowest BCUT2D eigenvalue weighted by molar-refractivity contribution is 0.114. The zero-order valence-corrected chi connectivity index (χ0v) is 8.62. The Morgan fingerprint density at radius 2 is 1.93 bits per heavy atom. The minimum atomic E-state index is -0.608. The number of ether oxygens (including phenoxy) is 1. The van der Waals surface area contributed by atoms with Crippen molar-refractivity contribution in [3.8, 4) is 0 Å². The molecule has 1 rings (SSSR count). The molecule has 0 heterocycles. The number of hydrogen-bond acceptors (Lipinski definition) is 2. The molecule has 0 saturated heterocycles. The number of halogens is 1. The second kappa shape index (κ2) is 4.53. The number of benzene rings is 1. The zero-order chi connectivity index (χ0) is 10.7. The number of aliphatic hydroxyl groups is 1. The van der Waals surface area contributed by atoms with E-state index in [9.17, 15) is 9.50 Å². The van der Waals surface area contributed by atoms with E-state index in [0.717, 1.165) is 0 Å². The SMILES string of the molecule is COC(C)c1cc(F)ccc1C(C)O. The van der Waals surface area contributed by atoms with E-state index in [1.807, 2.05) is 6.92 Å². The molecule has 0 aliphatic carbocycles. The van der Waals surface area contributed by atoms with Crippen LogP contribution in [0.1, 0.15) is 37.2 Å². The lowest BCUT2D eigenvalue weighted by Gasteiger charge is -2.16. The number of rotatable bonds is 3. The molecule has 14 heavy (non-hydrogen) atoms. The molecule has 0 aromatic heterocycles. The lowest BCUT2D eigenvalue weighted by atomic mass is 9.99. The Morgan fingerprint density at radius 3 is 2.43 bits per heavy atom. The van der Waals surface area contributed by atoms with Crippen LogP contribution >= 0.6 is 0 Å². The van der Waals surface area contributed by atoms with Crippen molar-refractivity contribution in [2.75, 3.05) is 7.11 Å². The van der Waals surface area contributed by atoms with Gasteiger partial charge in [-0.3, -0.25) is 0 Å². The van der Waals surface area contributed by atoms with Crippen LogP contribution in [-0.4, -0.2) is 12.2 Å². The monoisotopic (exact) mass is 198 g/mol. The van der Waals surface area contributed by atoms with Crippen LogP contribution in [0.4, 0.5) is 4.39 Å². The molecule has 0 saturated carbocycles. The molecule has 0 bridgehead atoms. The second-order valence-corrected chi connectivity index (χ2v) is 3.33. The Bertz CT molecular complexity index is 310. The maximum Gasteiger partial charge on any atom is 0.123 e. The van der Waals surface area contributed by atoms with Crippen LogP contribution in [-0.2, 0) is 4.74 Å². The minimum absolute atomic E-state index is 0.213. The topological polar surface area (TPSA) is 29.5 Å². The summed E-state index contributed by atoms with van der Waals surface area (Å²) in [6.45, 7) is 3.47. The molecule has 3 heteroatoms. The van der Waals surface area contributed by atoms with Crippen molar-refractivity contribution < 1.29 is 14.2 Å². The predicted octanol–water partition coefficient (Wildman–Crippen LogP) is 2.59. The first-order valence-electron chi connectivity index (χ1n) is 4.56. The number of aliphatic hydroxyl groups excluding tert-OH is 1. The summed E-state index contributed by atoms with van der Waals surface area (Å²) in [5, 5.41) is 9.46. The van der Waals surface area contributed by atoms with Crippen LogP contribution in [0.15, 0.2) is 18.2 Å². The standard InChI is InChI=1S/C11H15FO2/c1-7(13)10-5-4-9(12)6-11(10)8(2)14-3/h4-8,13H,1-3H3. The Labute approximate surface area is 83.3 Å². The summed E-state index contributed by atoms with van der Waals surface area (Å²) < 4.78 is 18.1. The van der Waals surface area contributed by atoms with Gasteiger partial charge in [-0.2, -0.15) is 0 Å². The van der Waals surface area contributed by atoms with Crippen LogP contribution in [0.5, 0.6) is 0 Å². The molecule has 1 aromatic carbocycles. The van der Waals surface area contributed by atoms with E-state index < -0.39 is 6.10 Å². The molecular weight excluding hydrogens is 183 g/mol. The Hall–Kier alpha value is -0.930. The first kappa shape index (κ1) is 11.1. The summed E-state index contributed by atoms with van der Waals surface area (Å²) in [4.78, 5) is 0. The van der Waals surface area contributed by atoms with E-state index in [-0.39, 0.29) is 11.9 Å². The second-order valence-electron chi connectivity index (χ2n) is 3.33. The van der Waals surface area contributed by atoms with Gasteiger partial charge in [0.2, 0.25) is 0 Å². The average molecular weight is 198 g/mol. The molecule has 0 fully saturated rings. The van der Waals surface area contributed by atoms with E-state index >= 15 is 0 Å². The third kappa shape index (κ3) is 2.30. The summed E-state index contributed by atoms with van der Waals surface area (Å²) in [6, 6.07) is 4.33. The predicted molar refractivity (Wildman–Crippen MR) is 52.5 cm³/mol. The van der Waals surface area contributed by atoms with E-state index in [1.165, 1.54) is 12.1 Å². The normalized spacial score (nSPS) is 15.2. The van der Waals surface area contributed by atoms with E-state index in [1.54, 1.807) is 20.1 Å². The highest BCUT2D eigenvalue weighted by Gasteiger charge is 2.14. The van der Waals surface area contributed by atoms with Gasteiger partial charge in [-0.25, -0.2) is 4.39 Å². The third-order valence-electron chi connectivity index (χ3n) is 2.29.